The maximum atomic E-state index is 13.6. The fourth-order valence-electron chi connectivity index (χ4n) is 2.13. The van der Waals surface area contributed by atoms with Crippen molar-refractivity contribution < 1.29 is 14.0 Å². The van der Waals surface area contributed by atoms with Crippen molar-refractivity contribution in [2.45, 2.75) is 13.3 Å². The Morgan fingerprint density at radius 2 is 2.05 bits per heavy atom. The van der Waals surface area contributed by atoms with Crippen molar-refractivity contribution in [2.75, 3.05) is 24.5 Å². The van der Waals surface area contributed by atoms with E-state index in [0.29, 0.717) is 37.3 Å². The van der Waals surface area contributed by atoms with Gasteiger partial charge in [0, 0.05) is 25.3 Å². The molecule has 0 atom stereocenters. The van der Waals surface area contributed by atoms with E-state index in [-0.39, 0.29) is 5.82 Å². The number of hydrogen-bond acceptors (Lipinski definition) is 2. The summed E-state index contributed by atoms with van der Waals surface area (Å²) in [5.74, 6) is -1.53. The minimum absolute atomic E-state index is 0.378. The number of halogens is 1. The van der Waals surface area contributed by atoms with Gasteiger partial charge in [-0.05, 0) is 31.0 Å². The molecule has 2 rings (SSSR count). The summed E-state index contributed by atoms with van der Waals surface area (Å²) >= 11 is 0. The lowest BCUT2D eigenvalue weighted by Crippen LogP contribution is -2.54. The molecule has 0 unspecified atom stereocenters. The predicted octanol–water partition coefficient (Wildman–Crippen LogP) is 1.89. The first kappa shape index (κ1) is 14.2. The molecule has 4 nitrogen and oxygen atoms in total. The Morgan fingerprint density at radius 3 is 2.70 bits per heavy atom. The van der Waals surface area contributed by atoms with Gasteiger partial charge in [-0.15, -0.1) is 6.58 Å². The van der Waals surface area contributed by atoms with Gasteiger partial charge < -0.3 is 9.80 Å². The SMILES string of the molecule is C=CCCN1CCN(c2ccc(C)c(F)c2)C(=O)C1=O. The van der Waals surface area contributed by atoms with E-state index in [1.54, 1.807) is 25.1 Å². The van der Waals surface area contributed by atoms with Gasteiger partial charge in [-0.2, -0.15) is 0 Å². The molecule has 0 aliphatic carbocycles. The normalized spacial score (nSPS) is 15.7. The average Bonchev–Trinajstić information content (AvgIpc) is 2.44. The maximum absolute atomic E-state index is 13.6. The maximum Gasteiger partial charge on any atom is 0.316 e. The minimum atomic E-state index is -0.608. The highest BCUT2D eigenvalue weighted by molar-refractivity contribution is 6.40. The highest BCUT2D eigenvalue weighted by Gasteiger charge is 2.32. The second-order valence-corrected chi connectivity index (χ2v) is 4.76. The molecule has 0 saturated carbocycles. The molecule has 0 radical (unpaired) electrons. The second kappa shape index (κ2) is 5.86. The zero-order chi connectivity index (χ0) is 14.7. The fraction of sp³-hybridized carbons (Fsp3) is 0.333. The zero-order valence-corrected chi connectivity index (χ0v) is 11.4. The first-order valence-electron chi connectivity index (χ1n) is 6.52. The standard InChI is InChI=1S/C15H17FN2O2/c1-3-4-7-17-8-9-18(15(20)14(17)19)12-6-5-11(2)13(16)10-12/h3,5-6,10H,1,4,7-9H2,2H3. The predicted molar refractivity (Wildman–Crippen MR) is 74.9 cm³/mol. The van der Waals surface area contributed by atoms with Gasteiger partial charge in [-0.3, -0.25) is 9.59 Å². The summed E-state index contributed by atoms with van der Waals surface area (Å²) < 4.78 is 13.6. The van der Waals surface area contributed by atoms with Crippen LogP contribution in [0.3, 0.4) is 0 Å². The molecular weight excluding hydrogens is 259 g/mol. The number of amides is 2. The van der Waals surface area contributed by atoms with E-state index in [0.717, 1.165) is 0 Å². The zero-order valence-electron chi connectivity index (χ0n) is 11.4. The summed E-state index contributed by atoms with van der Waals surface area (Å²) in [5, 5.41) is 0. The highest BCUT2D eigenvalue weighted by atomic mass is 19.1. The molecule has 106 valence electrons. The van der Waals surface area contributed by atoms with Crippen LogP contribution in [0, 0.1) is 12.7 Å². The number of piperazine rings is 1. The molecule has 1 saturated heterocycles. The number of benzene rings is 1. The quantitative estimate of drug-likeness (QED) is 0.622. The van der Waals surface area contributed by atoms with Crippen LogP contribution < -0.4 is 4.90 Å². The lowest BCUT2D eigenvalue weighted by Gasteiger charge is -2.33. The first-order valence-corrected chi connectivity index (χ1v) is 6.52. The topological polar surface area (TPSA) is 40.6 Å². The van der Waals surface area contributed by atoms with E-state index in [1.165, 1.54) is 15.9 Å². The summed E-state index contributed by atoms with van der Waals surface area (Å²) in [5.41, 5.74) is 0.937. The lowest BCUT2D eigenvalue weighted by atomic mass is 10.1. The largest absolute Gasteiger partial charge is 0.332 e. The lowest BCUT2D eigenvalue weighted by molar-refractivity contribution is -0.146. The monoisotopic (exact) mass is 276 g/mol. The summed E-state index contributed by atoms with van der Waals surface area (Å²) in [4.78, 5) is 26.9. The van der Waals surface area contributed by atoms with Crippen molar-refractivity contribution in [3.63, 3.8) is 0 Å². The molecule has 0 aromatic heterocycles. The number of aryl methyl sites for hydroxylation is 1. The van der Waals surface area contributed by atoms with Crippen LogP contribution in [-0.2, 0) is 9.59 Å². The molecule has 2 amide bonds. The summed E-state index contributed by atoms with van der Waals surface area (Å²) in [6.45, 7) is 6.57. The molecule has 0 spiro atoms. The van der Waals surface area contributed by atoms with Crippen LogP contribution in [0.15, 0.2) is 30.9 Å². The van der Waals surface area contributed by atoms with Crippen molar-refractivity contribution in [3.8, 4) is 0 Å². The van der Waals surface area contributed by atoms with Crippen molar-refractivity contribution in [1.29, 1.82) is 0 Å². The van der Waals surface area contributed by atoms with Gasteiger partial charge in [0.1, 0.15) is 5.82 Å². The molecule has 1 aromatic carbocycles. The smallest absolute Gasteiger partial charge is 0.316 e. The van der Waals surface area contributed by atoms with Crippen LogP contribution in [0.1, 0.15) is 12.0 Å². The third kappa shape index (κ3) is 2.71. The minimum Gasteiger partial charge on any atom is -0.332 e. The van der Waals surface area contributed by atoms with Gasteiger partial charge in [-0.25, -0.2) is 4.39 Å². The molecule has 1 heterocycles. The Balaban J connectivity index is 2.16. The van der Waals surface area contributed by atoms with Crippen molar-refractivity contribution in [2.24, 2.45) is 0 Å². The number of carbonyl (C=O) groups excluding carboxylic acids is 2. The molecule has 5 heteroatoms. The molecule has 0 N–H and O–H groups in total. The van der Waals surface area contributed by atoms with Crippen LogP contribution in [0.2, 0.25) is 0 Å². The number of anilines is 1. The van der Waals surface area contributed by atoms with E-state index >= 15 is 0 Å². The third-order valence-corrected chi connectivity index (χ3v) is 3.38. The van der Waals surface area contributed by atoms with E-state index in [9.17, 15) is 14.0 Å². The van der Waals surface area contributed by atoms with E-state index < -0.39 is 11.8 Å². The Morgan fingerprint density at radius 1 is 1.30 bits per heavy atom. The molecule has 1 aliphatic heterocycles. The molecule has 1 fully saturated rings. The Hall–Kier alpha value is -2.17. The Kier molecular flexibility index (Phi) is 4.17. The Labute approximate surface area is 117 Å². The van der Waals surface area contributed by atoms with E-state index in [4.69, 9.17) is 0 Å². The number of nitrogens with zero attached hydrogens (tertiary/aromatic N) is 2. The summed E-state index contributed by atoms with van der Waals surface area (Å²) in [7, 11) is 0. The highest BCUT2D eigenvalue weighted by Crippen LogP contribution is 2.21. The summed E-state index contributed by atoms with van der Waals surface area (Å²) in [6.07, 6.45) is 2.36. The van der Waals surface area contributed by atoms with E-state index in [1.807, 2.05) is 0 Å². The van der Waals surface area contributed by atoms with Crippen molar-refractivity contribution in [3.05, 3.63) is 42.2 Å². The molecular formula is C15H17FN2O2. The van der Waals surface area contributed by atoms with Gasteiger partial charge in [0.15, 0.2) is 0 Å². The Bertz CT molecular complexity index is 557. The van der Waals surface area contributed by atoms with Crippen LogP contribution >= 0.6 is 0 Å². The van der Waals surface area contributed by atoms with Gasteiger partial charge in [0.05, 0.1) is 0 Å². The second-order valence-electron chi connectivity index (χ2n) is 4.76. The van der Waals surface area contributed by atoms with Crippen LogP contribution in [0.25, 0.3) is 0 Å². The molecule has 20 heavy (non-hydrogen) atoms. The van der Waals surface area contributed by atoms with Gasteiger partial charge in [0.25, 0.3) is 0 Å². The number of carbonyl (C=O) groups is 2. The number of hydrogen-bond donors (Lipinski definition) is 0. The molecule has 1 aromatic rings. The third-order valence-electron chi connectivity index (χ3n) is 3.38. The first-order chi connectivity index (χ1) is 9.54. The van der Waals surface area contributed by atoms with Crippen LogP contribution in [0.5, 0.6) is 0 Å². The van der Waals surface area contributed by atoms with E-state index in [2.05, 4.69) is 6.58 Å². The average molecular weight is 276 g/mol. The van der Waals surface area contributed by atoms with Crippen molar-refractivity contribution in [1.82, 2.24) is 4.90 Å². The molecule has 1 aliphatic rings. The molecule has 0 bridgehead atoms. The van der Waals surface area contributed by atoms with Gasteiger partial charge in [0.2, 0.25) is 0 Å². The van der Waals surface area contributed by atoms with Crippen LogP contribution in [-0.4, -0.2) is 36.3 Å². The fourth-order valence-corrected chi connectivity index (χ4v) is 2.13. The summed E-state index contributed by atoms with van der Waals surface area (Å²) in [6, 6.07) is 4.55. The van der Waals surface area contributed by atoms with Gasteiger partial charge >= 0.3 is 11.8 Å². The van der Waals surface area contributed by atoms with Crippen molar-refractivity contribution >= 4 is 17.5 Å². The van der Waals surface area contributed by atoms with Gasteiger partial charge in [-0.1, -0.05) is 12.1 Å². The van der Waals surface area contributed by atoms with Crippen LogP contribution in [0.4, 0.5) is 10.1 Å². The number of rotatable bonds is 4.